The third kappa shape index (κ3) is 3.00. The number of aromatic nitrogens is 8. The predicted molar refractivity (Wildman–Crippen MR) is 79.8 cm³/mol. The Morgan fingerprint density at radius 1 is 1.18 bits per heavy atom. The van der Waals surface area contributed by atoms with E-state index in [4.69, 9.17) is 0 Å². The van der Waals surface area contributed by atoms with Crippen LogP contribution in [0.5, 0.6) is 0 Å². The standard InChI is InChI=1S/C14H18N8/c1-14(2,3)22-12(7-9-21-10-16-19-20-21)17-13(18-22)11-6-4-5-8-15-11/h4-6,8,10H,7,9H2,1-3H3. The molecule has 0 amide bonds. The fourth-order valence-corrected chi connectivity index (χ4v) is 2.14. The molecule has 0 aliphatic carbocycles. The molecule has 22 heavy (non-hydrogen) atoms. The number of rotatable bonds is 4. The molecule has 3 aromatic rings. The molecule has 0 N–H and O–H groups in total. The lowest BCUT2D eigenvalue weighted by Crippen LogP contribution is -2.26. The molecule has 0 spiro atoms. The first-order valence-electron chi connectivity index (χ1n) is 7.12. The largest absolute Gasteiger partial charge is 0.253 e. The first-order chi connectivity index (χ1) is 10.5. The van der Waals surface area contributed by atoms with Crippen LogP contribution in [0.25, 0.3) is 11.5 Å². The van der Waals surface area contributed by atoms with Crippen LogP contribution in [0.2, 0.25) is 0 Å². The average molecular weight is 298 g/mol. The summed E-state index contributed by atoms with van der Waals surface area (Å²) < 4.78 is 3.63. The van der Waals surface area contributed by atoms with Crippen LogP contribution in [-0.4, -0.2) is 40.0 Å². The fourth-order valence-electron chi connectivity index (χ4n) is 2.14. The molecule has 114 valence electrons. The predicted octanol–water partition coefficient (Wildman–Crippen LogP) is 1.32. The van der Waals surface area contributed by atoms with Crippen LogP contribution in [0.3, 0.4) is 0 Å². The van der Waals surface area contributed by atoms with E-state index in [1.54, 1.807) is 17.2 Å². The summed E-state index contributed by atoms with van der Waals surface area (Å²) in [4.78, 5) is 8.97. The summed E-state index contributed by atoms with van der Waals surface area (Å²) in [6, 6.07) is 5.72. The smallest absolute Gasteiger partial charge is 0.200 e. The van der Waals surface area contributed by atoms with Crippen molar-refractivity contribution in [1.29, 1.82) is 0 Å². The summed E-state index contributed by atoms with van der Waals surface area (Å²) in [5, 5.41) is 15.8. The lowest BCUT2D eigenvalue weighted by Gasteiger charge is -2.21. The van der Waals surface area contributed by atoms with Crippen LogP contribution < -0.4 is 0 Å². The van der Waals surface area contributed by atoms with Crippen LogP contribution in [0.15, 0.2) is 30.7 Å². The van der Waals surface area contributed by atoms with E-state index >= 15 is 0 Å². The highest BCUT2D eigenvalue weighted by atomic mass is 15.5. The number of nitrogens with zero attached hydrogens (tertiary/aromatic N) is 8. The van der Waals surface area contributed by atoms with E-state index in [9.17, 15) is 0 Å². The van der Waals surface area contributed by atoms with Crippen molar-refractivity contribution >= 4 is 0 Å². The van der Waals surface area contributed by atoms with Crippen LogP contribution >= 0.6 is 0 Å². The molecule has 0 saturated heterocycles. The summed E-state index contributed by atoms with van der Waals surface area (Å²) in [7, 11) is 0. The summed E-state index contributed by atoms with van der Waals surface area (Å²) in [5.74, 6) is 1.53. The Morgan fingerprint density at radius 2 is 2.05 bits per heavy atom. The molecule has 0 bridgehead atoms. The van der Waals surface area contributed by atoms with Gasteiger partial charge >= 0.3 is 0 Å². The van der Waals surface area contributed by atoms with E-state index in [0.717, 1.165) is 11.5 Å². The van der Waals surface area contributed by atoms with Crippen LogP contribution in [0.4, 0.5) is 0 Å². The fraction of sp³-hybridized carbons (Fsp3) is 0.429. The number of hydrogen-bond donors (Lipinski definition) is 0. The zero-order valence-electron chi connectivity index (χ0n) is 12.9. The molecule has 3 aromatic heterocycles. The van der Waals surface area contributed by atoms with Crippen LogP contribution in [0.1, 0.15) is 26.6 Å². The molecule has 0 saturated carbocycles. The van der Waals surface area contributed by atoms with E-state index in [-0.39, 0.29) is 5.54 Å². The third-order valence-electron chi connectivity index (χ3n) is 3.16. The van der Waals surface area contributed by atoms with Gasteiger partial charge in [0, 0.05) is 12.6 Å². The highest BCUT2D eigenvalue weighted by Crippen LogP contribution is 2.20. The summed E-state index contributed by atoms with van der Waals surface area (Å²) in [6.07, 6.45) is 4.04. The summed E-state index contributed by atoms with van der Waals surface area (Å²) in [6.45, 7) is 6.96. The second-order valence-electron chi connectivity index (χ2n) is 5.97. The molecule has 0 aliphatic heterocycles. The minimum Gasteiger partial charge on any atom is -0.253 e. The van der Waals surface area contributed by atoms with Gasteiger partial charge in [-0.3, -0.25) is 4.98 Å². The van der Waals surface area contributed by atoms with Crippen molar-refractivity contribution in [3.8, 4) is 11.5 Å². The zero-order chi connectivity index (χ0) is 15.6. The van der Waals surface area contributed by atoms with E-state index < -0.39 is 0 Å². The van der Waals surface area contributed by atoms with Crippen molar-refractivity contribution in [1.82, 2.24) is 40.0 Å². The highest BCUT2D eigenvalue weighted by molar-refractivity contribution is 5.47. The lowest BCUT2D eigenvalue weighted by molar-refractivity contribution is 0.338. The Bertz CT molecular complexity index is 724. The molecule has 8 heteroatoms. The monoisotopic (exact) mass is 298 g/mol. The maximum atomic E-state index is 4.65. The number of pyridine rings is 1. The maximum absolute atomic E-state index is 4.65. The van der Waals surface area contributed by atoms with Crippen molar-refractivity contribution in [2.24, 2.45) is 0 Å². The summed E-state index contributed by atoms with van der Waals surface area (Å²) in [5.41, 5.74) is 0.616. The van der Waals surface area contributed by atoms with Crippen molar-refractivity contribution < 1.29 is 0 Å². The second kappa shape index (κ2) is 5.63. The minimum atomic E-state index is -0.157. The molecule has 3 rings (SSSR count). The van der Waals surface area contributed by atoms with Crippen LogP contribution in [0, 0.1) is 0 Å². The minimum absolute atomic E-state index is 0.157. The van der Waals surface area contributed by atoms with Gasteiger partial charge in [0.2, 0.25) is 0 Å². The van der Waals surface area contributed by atoms with Crippen molar-refractivity contribution in [2.45, 2.75) is 39.3 Å². The van der Waals surface area contributed by atoms with E-state index in [0.29, 0.717) is 18.8 Å². The van der Waals surface area contributed by atoms with E-state index in [1.165, 1.54) is 0 Å². The Labute approximate surface area is 128 Å². The van der Waals surface area contributed by atoms with Gasteiger partial charge in [0.1, 0.15) is 17.8 Å². The molecule has 3 heterocycles. The molecule has 0 atom stereocenters. The van der Waals surface area contributed by atoms with E-state index in [2.05, 4.69) is 51.4 Å². The number of tetrazole rings is 1. The lowest BCUT2D eigenvalue weighted by atomic mass is 10.1. The topological polar surface area (TPSA) is 87.2 Å². The van der Waals surface area contributed by atoms with Gasteiger partial charge in [-0.1, -0.05) is 6.07 Å². The van der Waals surface area contributed by atoms with Gasteiger partial charge in [-0.05, 0) is 43.3 Å². The number of hydrogen-bond acceptors (Lipinski definition) is 6. The molecule has 0 unspecified atom stereocenters. The molecule has 0 aliphatic rings. The van der Waals surface area contributed by atoms with Gasteiger partial charge in [0.05, 0.1) is 12.1 Å². The van der Waals surface area contributed by atoms with Gasteiger partial charge in [0.25, 0.3) is 0 Å². The first kappa shape index (κ1) is 14.3. The Morgan fingerprint density at radius 3 is 2.68 bits per heavy atom. The van der Waals surface area contributed by atoms with Gasteiger partial charge in [-0.15, -0.1) is 10.2 Å². The molecule has 0 fully saturated rings. The quantitative estimate of drug-likeness (QED) is 0.722. The normalized spacial score (nSPS) is 11.8. The van der Waals surface area contributed by atoms with Gasteiger partial charge in [0.15, 0.2) is 5.82 Å². The highest BCUT2D eigenvalue weighted by Gasteiger charge is 2.21. The van der Waals surface area contributed by atoms with Gasteiger partial charge < -0.3 is 0 Å². The zero-order valence-corrected chi connectivity index (χ0v) is 12.9. The Balaban J connectivity index is 1.91. The SMILES string of the molecule is CC(C)(C)n1nc(-c2ccccn2)nc1CCn1cnnn1. The molecule has 0 radical (unpaired) electrons. The van der Waals surface area contributed by atoms with Gasteiger partial charge in [-0.2, -0.15) is 0 Å². The molecular weight excluding hydrogens is 280 g/mol. The molecule has 8 nitrogen and oxygen atoms in total. The average Bonchev–Trinajstić information content (AvgIpc) is 3.15. The second-order valence-corrected chi connectivity index (χ2v) is 5.97. The van der Waals surface area contributed by atoms with Crippen molar-refractivity contribution in [3.63, 3.8) is 0 Å². The Hall–Kier alpha value is -2.64. The molecular formula is C14H18N8. The third-order valence-corrected chi connectivity index (χ3v) is 3.16. The number of aryl methyl sites for hydroxylation is 2. The maximum Gasteiger partial charge on any atom is 0.200 e. The first-order valence-corrected chi connectivity index (χ1v) is 7.12. The Kier molecular flexibility index (Phi) is 3.66. The van der Waals surface area contributed by atoms with Crippen LogP contribution in [-0.2, 0) is 18.5 Å². The molecule has 0 aromatic carbocycles. The van der Waals surface area contributed by atoms with Crippen molar-refractivity contribution in [2.75, 3.05) is 0 Å². The van der Waals surface area contributed by atoms with Crippen molar-refractivity contribution in [3.05, 3.63) is 36.5 Å². The summed E-state index contributed by atoms with van der Waals surface area (Å²) >= 11 is 0. The van der Waals surface area contributed by atoms with E-state index in [1.807, 2.05) is 22.9 Å². The van der Waals surface area contributed by atoms with Gasteiger partial charge in [-0.25, -0.2) is 14.3 Å².